The van der Waals surface area contributed by atoms with Crippen molar-refractivity contribution in [2.24, 2.45) is 0 Å². The number of methoxy groups -OCH3 is 2. The lowest BCUT2D eigenvalue weighted by atomic mass is 10.2. The summed E-state index contributed by atoms with van der Waals surface area (Å²) in [5, 5.41) is 11.2. The normalized spacial score (nSPS) is 10.9. The molecule has 30 heavy (non-hydrogen) atoms. The fraction of sp³-hybridized carbons (Fsp3) is 0.316. The van der Waals surface area contributed by atoms with Gasteiger partial charge in [0.05, 0.1) is 36.3 Å². The fourth-order valence-corrected chi connectivity index (χ4v) is 4.19. The number of nitro groups is 1. The molecule has 0 aliphatic heterocycles. The lowest BCUT2D eigenvalue weighted by Gasteiger charge is -2.25. The van der Waals surface area contributed by atoms with Gasteiger partial charge in [0, 0.05) is 18.2 Å². The van der Waals surface area contributed by atoms with Crippen LogP contribution in [0.15, 0.2) is 41.3 Å². The smallest absolute Gasteiger partial charge is 0.326 e. The minimum Gasteiger partial charge on any atom is -0.493 e. The Hall–Kier alpha value is -3.34. The van der Waals surface area contributed by atoms with Gasteiger partial charge >= 0.3 is 5.97 Å². The highest BCUT2D eigenvalue weighted by Gasteiger charge is 2.31. The first-order valence-electron chi connectivity index (χ1n) is 8.81. The molecular weight excluding hydrogens is 416 g/mol. The summed E-state index contributed by atoms with van der Waals surface area (Å²) in [4.78, 5) is 22.5. The van der Waals surface area contributed by atoms with Gasteiger partial charge in [0.1, 0.15) is 6.54 Å². The van der Waals surface area contributed by atoms with Crippen LogP contribution in [0.1, 0.15) is 12.5 Å². The lowest BCUT2D eigenvalue weighted by Crippen LogP contribution is -2.37. The topological polar surface area (TPSA) is 125 Å². The van der Waals surface area contributed by atoms with E-state index in [9.17, 15) is 23.3 Å². The van der Waals surface area contributed by atoms with Crippen molar-refractivity contribution in [2.45, 2.75) is 18.7 Å². The van der Waals surface area contributed by atoms with E-state index in [-0.39, 0.29) is 28.6 Å². The van der Waals surface area contributed by atoms with Gasteiger partial charge in [-0.2, -0.15) is 0 Å². The van der Waals surface area contributed by atoms with Crippen molar-refractivity contribution in [3.63, 3.8) is 0 Å². The van der Waals surface area contributed by atoms with E-state index in [2.05, 4.69) is 0 Å². The average molecular weight is 438 g/mol. The predicted octanol–water partition coefficient (Wildman–Crippen LogP) is 2.68. The van der Waals surface area contributed by atoms with Gasteiger partial charge in [-0.3, -0.25) is 19.2 Å². The van der Waals surface area contributed by atoms with Crippen molar-refractivity contribution >= 4 is 27.4 Å². The van der Waals surface area contributed by atoms with E-state index in [1.165, 1.54) is 44.6 Å². The number of hydrogen-bond acceptors (Lipinski definition) is 8. The van der Waals surface area contributed by atoms with E-state index in [1.54, 1.807) is 13.8 Å². The zero-order valence-corrected chi connectivity index (χ0v) is 17.8. The number of carbonyl (C=O) groups excluding carboxylic acids is 1. The second-order valence-corrected chi connectivity index (χ2v) is 7.92. The third-order valence-corrected chi connectivity index (χ3v) is 5.95. The average Bonchev–Trinajstić information content (AvgIpc) is 2.71. The lowest BCUT2D eigenvalue weighted by molar-refractivity contribution is -0.384. The van der Waals surface area contributed by atoms with Crippen LogP contribution in [0.4, 0.5) is 11.4 Å². The summed E-state index contributed by atoms with van der Waals surface area (Å²) in [6.07, 6.45) is 0. The highest BCUT2D eigenvalue weighted by atomic mass is 32.2. The van der Waals surface area contributed by atoms with E-state index in [1.807, 2.05) is 0 Å². The number of hydrogen-bond donors (Lipinski definition) is 0. The van der Waals surface area contributed by atoms with Crippen LogP contribution in [0.3, 0.4) is 0 Å². The highest BCUT2D eigenvalue weighted by molar-refractivity contribution is 7.92. The van der Waals surface area contributed by atoms with Gasteiger partial charge < -0.3 is 14.2 Å². The maximum absolute atomic E-state index is 13.4. The minimum absolute atomic E-state index is 0.00737. The molecule has 0 atom stereocenters. The molecule has 2 rings (SSSR count). The summed E-state index contributed by atoms with van der Waals surface area (Å²) < 4.78 is 42.8. The quantitative estimate of drug-likeness (QED) is 0.332. The first-order valence-corrected chi connectivity index (χ1v) is 10.2. The van der Waals surface area contributed by atoms with Gasteiger partial charge in [0.25, 0.3) is 15.7 Å². The highest BCUT2D eigenvalue weighted by Crippen LogP contribution is 2.34. The second-order valence-electron chi connectivity index (χ2n) is 6.06. The Morgan fingerprint density at radius 3 is 2.33 bits per heavy atom. The molecule has 162 valence electrons. The van der Waals surface area contributed by atoms with Gasteiger partial charge in [-0.1, -0.05) is 6.07 Å². The van der Waals surface area contributed by atoms with E-state index < -0.39 is 27.5 Å². The molecule has 0 heterocycles. The molecule has 0 saturated heterocycles. The SMILES string of the molecule is CCOC(=O)CN(c1cc([N+](=O)[O-])ccc1C)S(=O)(=O)c1ccc(OC)c(OC)c1. The molecule has 0 bridgehead atoms. The maximum atomic E-state index is 13.4. The van der Waals surface area contributed by atoms with Crippen molar-refractivity contribution in [3.8, 4) is 11.5 Å². The molecule has 10 nitrogen and oxygen atoms in total. The van der Waals surface area contributed by atoms with Gasteiger partial charge in [0.15, 0.2) is 11.5 Å². The molecule has 0 amide bonds. The molecule has 0 saturated carbocycles. The summed E-state index contributed by atoms with van der Waals surface area (Å²) in [5.41, 5.74) is 0.105. The number of ether oxygens (including phenoxy) is 3. The number of rotatable bonds is 9. The Kier molecular flexibility index (Phi) is 7.22. The summed E-state index contributed by atoms with van der Waals surface area (Å²) in [5.74, 6) is -0.308. The molecule has 0 fully saturated rings. The second kappa shape index (κ2) is 9.44. The summed E-state index contributed by atoms with van der Waals surface area (Å²) in [6, 6.07) is 7.72. The van der Waals surface area contributed by atoms with Crippen LogP contribution in [-0.4, -0.2) is 46.7 Å². The van der Waals surface area contributed by atoms with Crippen molar-refractivity contribution in [1.82, 2.24) is 0 Å². The number of sulfonamides is 1. The number of benzene rings is 2. The Morgan fingerprint density at radius 1 is 1.10 bits per heavy atom. The molecule has 0 unspecified atom stereocenters. The third kappa shape index (κ3) is 4.79. The molecule has 0 radical (unpaired) electrons. The van der Waals surface area contributed by atoms with E-state index in [4.69, 9.17) is 14.2 Å². The van der Waals surface area contributed by atoms with Crippen LogP contribution < -0.4 is 13.8 Å². The molecule has 2 aromatic carbocycles. The number of esters is 1. The number of nitro benzene ring substituents is 1. The van der Waals surface area contributed by atoms with Crippen molar-refractivity contribution < 1.29 is 32.3 Å². The molecule has 0 aliphatic carbocycles. The zero-order valence-electron chi connectivity index (χ0n) is 16.9. The number of carbonyl (C=O) groups is 1. The molecule has 0 aliphatic rings. The monoisotopic (exact) mass is 438 g/mol. The van der Waals surface area contributed by atoms with Gasteiger partial charge in [-0.25, -0.2) is 8.42 Å². The van der Waals surface area contributed by atoms with Crippen LogP contribution in [0, 0.1) is 17.0 Å². The van der Waals surface area contributed by atoms with Gasteiger partial charge in [0.2, 0.25) is 0 Å². The molecule has 0 spiro atoms. The van der Waals surface area contributed by atoms with Crippen LogP contribution >= 0.6 is 0 Å². The fourth-order valence-electron chi connectivity index (χ4n) is 2.71. The molecular formula is C19H22N2O8S. The number of non-ortho nitro benzene ring substituents is 1. The minimum atomic E-state index is -4.32. The Bertz CT molecular complexity index is 1050. The number of nitrogens with zero attached hydrogens (tertiary/aromatic N) is 2. The van der Waals surface area contributed by atoms with E-state index in [0.29, 0.717) is 11.3 Å². The van der Waals surface area contributed by atoms with Crippen LogP contribution in [-0.2, 0) is 19.6 Å². The summed E-state index contributed by atoms with van der Waals surface area (Å²) >= 11 is 0. The Morgan fingerprint density at radius 2 is 1.77 bits per heavy atom. The zero-order chi connectivity index (χ0) is 22.5. The van der Waals surface area contributed by atoms with E-state index in [0.717, 1.165) is 10.4 Å². The maximum Gasteiger partial charge on any atom is 0.326 e. The predicted molar refractivity (Wildman–Crippen MR) is 109 cm³/mol. The standard InChI is InChI=1S/C19H22N2O8S/c1-5-29-19(22)12-20(16-10-14(21(23)24)7-6-13(16)2)30(25,26)15-8-9-17(27-3)18(11-15)28-4/h6-11H,5,12H2,1-4H3. The first-order chi connectivity index (χ1) is 14.1. The van der Waals surface area contributed by atoms with Crippen molar-refractivity contribution in [1.29, 1.82) is 0 Å². The first kappa shape index (κ1) is 22.9. The molecule has 0 N–H and O–H groups in total. The number of anilines is 1. The molecule has 0 aromatic heterocycles. The number of aryl methyl sites for hydroxylation is 1. The van der Waals surface area contributed by atoms with Crippen LogP contribution in [0.2, 0.25) is 0 Å². The Labute approximate surface area is 174 Å². The van der Waals surface area contributed by atoms with Gasteiger partial charge in [-0.15, -0.1) is 0 Å². The Balaban J connectivity index is 2.66. The van der Waals surface area contributed by atoms with Crippen molar-refractivity contribution in [3.05, 3.63) is 52.1 Å². The van der Waals surface area contributed by atoms with Crippen LogP contribution in [0.5, 0.6) is 11.5 Å². The summed E-state index contributed by atoms with van der Waals surface area (Å²) in [6.45, 7) is 2.56. The van der Waals surface area contributed by atoms with Crippen molar-refractivity contribution in [2.75, 3.05) is 31.7 Å². The summed E-state index contributed by atoms with van der Waals surface area (Å²) in [7, 11) is -1.55. The largest absolute Gasteiger partial charge is 0.493 e. The van der Waals surface area contributed by atoms with Gasteiger partial charge in [-0.05, 0) is 31.5 Å². The molecule has 2 aromatic rings. The third-order valence-electron chi connectivity index (χ3n) is 4.19. The van der Waals surface area contributed by atoms with E-state index >= 15 is 0 Å². The molecule has 11 heteroatoms. The van der Waals surface area contributed by atoms with Crippen LogP contribution in [0.25, 0.3) is 0 Å².